The van der Waals surface area contributed by atoms with Gasteiger partial charge in [0.1, 0.15) is 5.76 Å². The molecule has 2 heterocycles. The Kier molecular flexibility index (Phi) is 7.13. The average Bonchev–Trinajstić information content (AvgIpc) is 3.05. The summed E-state index contributed by atoms with van der Waals surface area (Å²) in [6.07, 6.45) is 6.33. The molecule has 0 aromatic carbocycles. The van der Waals surface area contributed by atoms with Gasteiger partial charge in [0.05, 0.1) is 12.5 Å². The maximum Gasteiger partial charge on any atom is 0.191 e. The summed E-state index contributed by atoms with van der Waals surface area (Å²) >= 11 is 0. The molecule has 0 fully saturated rings. The summed E-state index contributed by atoms with van der Waals surface area (Å²) in [6.45, 7) is 1.48. The summed E-state index contributed by atoms with van der Waals surface area (Å²) < 4.78 is 7.05. The minimum Gasteiger partial charge on any atom is -0.469 e. The molecule has 0 atom stereocenters. The molecule has 2 N–H and O–H groups in total. The van der Waals surface area contributed by atoms with Crippen molar-refractivity contribution in [1.82, 2.24) is 20.4 Å². The molecule has 20 heavy (non-hydrogen) atoms. The highest BCUT2D eigenvalue weighted by atomic mass is 127. The molecule has 0 spiro atoms. The molecular weight excluding hydrogens is 369 g/mol. The zero-order chi connectivity index (χ0) is 13.5. The molecule has 0 saturated carbocycles. The molecule has 0 unspecified atom stereocenters. The van der Waals surface area contributed by atoms with Gasteiger partial charge in [0.25, 0.3) is 0 Å². The summed E-state index contributed by atoms with van der Waals surface area (Å²) in [7, 11) is 3.66. The van der Waals surface area contributed by atoms with Crippen LogP contribution < -0.4 is 10.6 Å². The Hall–Kier alpha value is -1.51. The highest BCUT2D eigenvalue weighted by molar-refractivity contribution is 14.0. The molecule has 0 aliphatic rings. The molecule has 110 valence electrons. The number of aryl methyl sites for hydroxylation is 1. The fourth-order valence-electron chi connectivity index (χ4n) is 1.73. The largest absolute Gasteiger partial charge is 0.469 e. The molecule has 0 amide bonds. The average molecular weight is 389 g/mol. The molecule has 0 radical (unpaired) electrons. The van der Waals surface area contributed by atoms with Gasteiger partial charge in [-0.1, -0.05) is 0 Å². The van der Waals surface area contributed by atoms with Gasteiger partial charge in [-0.25, -0.2) is 0 Å². The van der Waals surface area contributed by atoms with Gasteiger partial charge in [-0.15, -0.1) is 24.0 Å². The Morgan fingerprint density at radius 2 is 2.30 bits per heavy atom. The number of nitrogens with one attached hydrogen (secondary N) is 2. The van der Waals surface area contributed by atoms with E-state index in [4.69, 9.17) is 4.42 Å². The van der Waals surface area contributed by atoms with E-state index in [1.54, 1.807) is 18.0 Å². The maximum atomic E-state index is 5.27. The van der Waals surface area contributed by atoms with Crippen LogP contribution in [0.2, 0.25) is 0 Å². The monoisotopic (exact) mass is 389 g/mol. The first-order valence-electron chi connectivity index (χ1n) is 6.22. The second-order valence-corrected chi connectivity index (χ2v) is 4.20. The quantitative estimate of drug-likeness (QED) is 0.463. The highest BCUT2D eigenvalue weighted by Gasteiger charge is 2.00. The Bertz CT molecular complexity index is 521. The third-order valence-electron chi connectivity index (χ3n) is 2.69. The van der Waals surface area contributed by atoms with Crippen LogP contribution in [0.3, 0.4) is 0 Å². The third-order valence-corrected chi connectivity index (χ3v) is 2.69. The normalized spacial score (nSPS) is 11.0. The number of hydrogen-bond acceptors (Lipinski definition) is 3. The van der Waals surface area contributed by atoms with Crippen molar-refractivity contribution in [3.05, 3.63) is 42.1 Å². The van der Waals surface area contributed by atoms with Gasteiger partial charge < -0.3 is 15.1 Å². The van der Waals surface area contributed by atoms with E-state index in [0.29, 0.717) is 6.54 Å². The Morgan fingerprint density at radius 3 is 2.90 bits per heavy atom. The van der Waals surface area contributed by atoms with E-state index >= 15 is 0 Å². The number of guanidine groups is 1. The van der Waals surface area contributed by atoms with E-state index < -0.39 is 0 Å². The van der Waals surface area contributed by atoms with E-state index in [0.717, 1.165) is 30.2 Å². The lowest BCUT2D eigenvalue weighted by molar-refractivity contribution is 0.507. The summed E-state index contributed by atoms with van der Waals surface area (Å²) in [4.78, 5) is 4.17. The molecule has 0 saturated heterocycles. The van der Waals surface area contributed by atoms with E-state index in [1.807, 2.05) is 31.6 Å². The van der Waals surface area contributed by atoms with Crippen LogP contribution in [0.1, 0.15) is 11.3 Å². The number of halogens is 1. The van der Waals surface area contributed by atoms with Crippen molar-refractivity contribution in [1.29, 1.82) is 0 Å². The van der Waals surface area contributed by atoms with Crippen LogP contribution in [0.5, 0.6) is 0 Å². The van der Waals surface area contributed by atoms with Crippen LogP contribution in [0.15, 0.2) is 40.2 Å². The topological polar surface area (TPSA) is 67.4 Å². The molecule has 7 heteroatoms. The van der Waals surface area contributed by atoms with E-state index in [9.17, 15) is 0 Å². The van der Waals surface area contributed by atoms with Crippen molar-refractivity contribution >= 4 is 29.9 Å². The van der Waals surface area contributed by atoms with Gasteiger partial charge in [-0.2, -0.15) is 5.10 Å². The van der Waals surface area contributed by atoms with Gasteiger partial charge in [0, 0.05) is 45.4 Å². The van der Waals surface area contributed by atoms with Crippen molar-refractivity contribution in [3.8, 4) is 0 Å². The molecule has 2 aromatic rings. The molecule has 6 nitrogen and oxygen atoms in total. The summed E-state index contributed by atoms with van der Waals surface area (Å²) in [5.41, 5.74) is 1.12. The highest BCUT2D eigenvalue weighted by Crippen LogP contribution is 1.99. The van der Waals surface area contributed by atoms with Crippen molar-refractivity contribution in [2.45, 2.75) is 13.0 Å². The predicted octanol–water partition coefficient (Wildman–Crippen LogP) is 1.54. The zero-order valence-corrected chi connectivity index (χ0v) is 14.0. The van der Waals surface area contributed by atoms with Crippen LogP contribution in [-0.2, 0) is 20.0 Å². The number of furan rings is 1. The van der Waals surface area contributed by atoms with Crippen LogP contribution in [0, 0.1) is 0 Å². The van der Waals surface area contributed by atoms with Crippen LogP contribution in [0.4, 0.5) is 0 Å². The number of nitrogens with zero attached hydrogens (tertiary/aromatic N) is 3. The van der Waals surface area contributed by atoms with Crippen molar-refractivity contribution in [2.24, 2.45) is 12.0 Å². The van der Waals surface area contributed by atoms with Gasteiger partial charge in [-0.05, 0) is 12.1 Å². The molecule has 2 aromatic heterocycles. The minimum absolute atomic E-state index is 0. The van der Waals surface area contributed by atoms with Crippen molar-refractivity contribution in [3.63, 3.8) is 0 Å². The van der Waals surface area contributed by atoms with Crippen LogP contribution >= 0.6 is 24.0 Å². The first-order valence-corrected chi connectivity index (χ1v) is 6.22. The number of hydrogen-bond donors (Lipinski definition) is 2. The number of aliphatic imine (C=N–C) groups is 1. The Morgan fingerprint density at radius 1 is 1.45 bits per heavy atom. The molecule has 2 rings (SSSR count). The summed E-state index contributed by atoms with van der Waals surface area (Å²) in [5, 5.41) is 10.6. The zero-order valence-electron chi connectivity index (χ0n) is 11.7. The van der Waals surface area contributed by atoms with E-state index in [2.05, 4.69) is 20.7 Å². The molecule has 0 aliphatic carbocycles. The van der Waals surface area contributed by atoms with Crippen molar-refractivity contribution < 1.29 is 4.42 Å². The Labute approximate surface area is 135 Å². The lowest BCUT2D eigenvalue weighted by atomic mass is 10.3. The number of aromatic nitrogens is 2. The smallest absolute Gasteiger partial charge is 0.191 e. The summed E-state index contributed by atoms with van der Waals surface area (Å²) in [6, 6.07) is 3.86. The number of rotatable bonds is 5. The first kappa shape index (κ1) is 16.5. The lowest BCUT2D eigenvalue weighted by Crippen LogP contribution is -2.37. The molecule has 0 aliphatic heterocycles. The fourth-order valence-corrected chi connectivity index (χ4v) is 1.73. The minimum atomic E-state index is 0. The second kappa shape index (κ2) is 8.62. The molecular formula is C13H20IN5O. The standard InChI is InChI=1S/C13H19N5O.HI/c1-14-13(15-6-5-12-4-3-7-19-12)16-8-11-9-17-18(2)10-11;/h3-4,7,9-10H,5-6,8H2,1-2H3,(H2,14,15,16);1H. The van der Waals surface area contributed by atoms with Crippen molar-refractivity contribution in [2.75, 3.05) is 13.6 Å². The van der Waals surface area contributed by atoms with Gasteiger partial charge in [0.2, 0.25) is 0 Å². The SMILES string of the molecule is CN=C(NCCc1ccco1)NCc1cnn(C)c1.I. The van der Waals surface area contributed by atoms with Crippen LogP contribution in [-0.4, -0.2) is 29.3 Å². The maximum absolute atomic E-state index is 5.27. The van der Waals surface area contributed by atoms with Gasteiger partial charge >= 0.3 is 0 Å². The lowest BCUT2D eigenvalue weighted by Gasteiger charge is -2.10. The third kappa shape index (κ3) is 5.24. The van der Waals surface area contributed by atoms with E-state index in [1.165, 1.54) is 0 Å². The van der Waals surface area contributed by atoms with Crippen LogP contribution in [0.25, 0.3) is 0 Å². The predicted molar refractivity (Wildman–Crippen MR) is 89.2 cm³/mol. The first-order chi connectivity index (χ1) is 9.28. The Balaban J connectivity index is 0.00000200. The van der Waals surface area contributed by atoms with E-state index in [-0.39, 0.29) is 24.0 Å². The molecule has 0 bridgehead atoms. The van der Waals surface area contributed by atoms with Gasteiger partial charge in [0.15, 0.2) is 5.96 Å². The fraction of sp³-hybridized carbons (Fsp3) is 0.385. The van der Waals surface area contributed by atoms with Gasteiger partial charge in [-0.3, -0.25) is 9.67 Å². The summed E-state index contributed by atoms with van der Waals surface area (Å²) in [5.74, 6) is 1.74. The second-order valence-electron chi connectivity index (χ2n) is 4.20.